The summed E-state index contributed by atoms with van der Waals surface area (Å²) in [4.78, 5) is 17.1. The third-order valence-electron chi connectivity index (χ3n) is 5.86. The number of amides is 1. The van der Waals surface area contributed by atoms with Crippen LogP contribution in [0.3, 0.4) is 0 Å². The molecule has 3 aromatic carbocycles. The van der Waals surface area contributed by atoms with Crippen LogP contribution in [-0.2, 0) is 9.60 Å². The van der Waals surface area contributed by atoms with Gasteiger partial charge in [0.05, 0.1) is 28.1 Å². The number of carbonyl (C=O) groups is 1. The van der Waals surface area contributed by atoms with Gasteiger partial charge in [-0.25, -0.2) is 22.6 Å². The van der Waals surface area contributed by atoms with E-state index in [0.29, 0.717) is 33.6 Å². The van der Waals surface area contributed by atoms with Crippen LogP contribution in [0.1, 0.15) is 27.0 Å². The van der Waals surface area contributed by atoms with E-state index in [1.165, 1.54) is 0 Å². The van der Waals surface area contributed by atoms with Gasteiger partial charge in [-0.05, 0) is 59.0 Å². The Kier molecular flexibility index (Phi) is 10.3. The molecule has 4 nitrogen and oxygen atoms in total. The Morgan fingerprint density at radius 2 is 1.49 bits per heavy atom. The van der Waals surface area contributed by atoms with Crippen molar-refractivity contribution >= 4 is 90.9 Å². The van der Waals surface area contributed by atoms with Crippen molar-refractivity contribution in [3.63, 3.8) is 0 Å². The molecule has 1 amide bonds. The van der Waals surface area contributed by atoms with Gasteiger partial charge in [-0.2, -0.15) is 30.7 Å². The molecule has 3 rings (SSSR count). The maximum Gasteiger partial charge on any atom is 0.433 e. The van der Waals surface area contributed by atoms with E-state index in [-0.39, 0.29) is 34.7 Å². The number of aliphatic imine (C=N–C) groups is 1. The second-order valence-electron chi connectivity index (χ2n) is 8.63. The first-order chi connectivity index (χ1) is 19.5. The van der Waals surface area contributed by atoms with Crippen molar-refractivity contribution in [2.45, 2.75) is 19.7 Å². The maximum absolute atomic E-state index is 15.5. The highest BCUT2D eigenvalue weighted by atomic mass is 127. The number of alkyl halides is 10. The lowest BCUT2D eigenvalue weighted by Crippen LogP contribution is -2.49. The Morgan fingerprint density at radius 3 is 2.00 bits per heavy atom. The van der Waals surface area contributed by atoms with Gasteiger partial charge in [0.2, 0.25) is 0 Å². The summed E-state index contributed by atoms with van der Waals surface area (Å²) in [5, 5.41) is 0. The van der Waals surface area contributed by atoms with E-state index in [2.05, 4.69) is 4.99 Å². The van der Waals surface area contributed by atoms with Crippen LogP contribution < -0.4 is 10.6 Å². The summed E-state index contributed by atoms with van der Waals surface area (Å²) in [7, 11) is 1.03. The smallest absolute Gasteiger partial charge is 0.383 e. The number of anilines is 1. The zero-order valence-electron chi connectivity index (χ0n) is 20.8. The number of amidine groups is 1. The zero-order valence-corrected chi connectivity index (χ0v) is 27.3. The molecule has 0 aliphatic carbocycles. The van der Waals surface area contributed by atoms with Crippen LogP contribution in [-0.4, -0.2) is 28.9 Å². The van der Waals surface area contributed by atoms with Crippen molar-refractivity contribution < 1.29 is 53.1 Å². The number of nitrogens with zero attached hydrogens (tertiary/aromatic N) is 2. The van der Waals surface area contributed by atoms with Crippen LogP contribution in [0.5, 0.6) is 0 Å². The van der Waals surface area contributed by atoms with Gasteiger partial charge < -0.3 is 10.6 Å². The summed E-state index contributed by atoms with van der Waals surface area (Å²) in [6.45, 7) is 0. The zero-order chi connectivity index (χ0) is 32.9. The van der Waals surface area contributed by atoms with Gasteiger partial charge in [0.15, 0.2) is 5.82 Å². The van der Waals surface area contributed by atoms with E-state index < -0.39 is 86.1 Å². The second-order valence-corrected chi connectivity index (χ2v) is 12.5. The van der Waals surface area contributed by atoms with Crippen molar-refractivity contribution in [1.29, 1.82) is 0 Å². The first-order valence-corrected chi connectivity index (χ1v) is 14.4. The number of rotatable bonds is 7. The molecule has 0 bridgehead atoms. The van der Waals surface area contributed by atoms with Crippen molar-refractivity contribution in [2.24, 2.45) is 10.7 Å². The summed E-state index contributed by atoms with van der Waals surface area (Å²) in [5.74, 6) is -5.48. The highest BCUT2D eigenvalue weighted by Gasteiger charge is 2.71. The second kappa shape index (κ2) is 12.4. The van der Waals surface area contributed by atoms with Gasteiger partial charge in [-0.15, -0.1) is 0 Å². The average Bonchev–Trinajstić information content (AvgIpc) is 2.86. The minimum atomic E-state index is -6.23. The molecule has 2 N–H and O–H groups in total. The van der Waals surface area contributed by atoms with Crippen molar-refractivity contribution in [3.05, 3.63) is 91.8 Å². The minimum absolute atomic E-state index is 0.0869. The SMILES string of the molecule is CN(C(=O)c1ccc(F)cc1F)c1cccc(C(N)=Nc2c(I)cc(C(F)(C(F)(F)F)C(F)(F)I)cc2C(F)(F)I)c1F. The summed E-state index contributed by atoms with van der Waals surface area (Å²) < 4.78 is 146. The van der Waals surface area contributed by atoms with Gasteiger partial charge in [-0.3, -0.25) is 4.79 Å². The first-order valence-electron chi connectivity index (χ1n) is 11.1. The Hall–Kier alpha value is -1.98. The van der Waals surface area contributed by atoms with E-state index in [0.717, 1.165) is 60.0 Å². The Labute approximate surface area is 276 Å². The number of benzene rings is 3. The first kappa shape index (κ1) is 35.5. The molecule has 43 heavy (non-hydrogen) atoms. The molecular weight excluding hydrogens is 948 g/mol. The van der Waals surface area contributed by atoms with Gasteiger partial charge >= 0.3 is 19.7 Å². The molecule has 0 aliphatic heterocycles. The van der Waals surface area contributed by atoms with Gasteiger partial charge in [0.1, 0.15) is 17.5 Å². The van der Waals surface area contributed by atoms with E-state index in [9.17, 15) is 44.3 Å². The number of halogens is 14. The van der Waals surface area contributed by atoms with Crippen LogP contribution in [0.15, 0.2) is 53.5 Å². The molecule has 0 saturated carbocycles. The predicted octanol–water partition coefficient (Wildman–Crippen LogP) is 9.26. The van der Waals surface area contributed by atoms with Crippen molar-refractivity contribution in [2.75, 3.05) is 11.9 Å². The maximum atomic E-state index is 15.5. The third-order valence-corrected chi connectivity index (χ3v) is 8.01. The fourth-order valence-corrected chi connectivity index (χ4v) is 5.50. The summed E-state index contributed by atoms with van der Waals surface area (Å²) in [6.07, 6.45) is -6.23. The van der Waals surface area contributed by atoms with Crippen molar-refractivity contribution in [1.82, 2.24) is 0 Å². The third kappa shape index (κ3) is 6.98. The fourth-order valence-electron chi connectivity index (χ4n) is 3.73. The number of nitrogens with two attached hydrogens (primary N) is 1. The molecule has 0 saturated heterocycles. The molecule has 0 spiro atoms. The standard InChI is InChI=1S/C25H13F11I3N3O/c1-42(21(43)12-6-5-11(26)9-15(12)27)17-4-2-3-13(18(17)28)20(40)41-19-14(23(30,31)38)7-10(8-16(19)37)22(29,24(32,33)34)25(35,36)39/h2-9H,1H3,(H2,40,41). The minimum Gasteiger partial charge on any atom is -0.383 e. The largest absolute Gasteiger partial charge is 0.433 e. The quantitative estimate of drug-likeness (QED) is 0.0845. The molecule has 1 unspecified atom stereocenters. The summed E-state index contributed by atoms with van der Waals surface area (Å²) in [5.41, 5.74) is -5.47. The molecular formula is C25H13F11I3N3O. The van der Waals surface area contributed by atoms with Gasteiger partial charge in [0, 0.05) is 67.4 Å². The lowest BCUT2D eigenvalue weighted by Gasteiger charge is -2.33. The van der Waals surface area contributed by atoms with Crippen LogP contribution in [0.4, 0.5) is 59.7 Å². The van der Waals surface area contributed by atoms with Crippen LogP contribution in [0.2, 0.25) is 0 Å². The normalized spacial score (nSPS) is 14.4. The van der Waals surface area contributed by atoms with E-state index >= 15 is 8.78 Å². The molecule has 232 valence electrons. The Morgan fingerprint density at radius 1 is 0.884 bits per heavy atom. The number of hydrogen-bond acceptors (Lipinski definition) is 2. The number of hydrogen-bond donors (Lipinski definition) is 1. The Balaban J connectivity index is 2.17. The molecule has 0 fully saturated rings. The molecule has 0 radical (unpaired) electrons. The lowest BCUT2D eigenvalue weighted by atomic mass is 9.93. The highest BCUT2D eigenvalue weighted by Crippen LogP contribution is 2.57. The number of carbonyl (C=O) groups excluding carboxylic acids is 1. The van der Waals surface area contributed by atoms with Crippen molar-refractivity contribution in [3.8, 4) is 0 Å². The van der Waals surface area contributed by atoms with Crippen LogP contribution in [0, 0.1) is 21.0 Å². The molecule has 0 aromatic heterocycles. The monoisotopic (exact) mass is 961 g/mol. The average molecular weight is 961 g/mol. The highest BCUT2D eigenvalue weighted by molar-refractivity contribution is 14.1. The van der Waals surface area contributed by atoms with E-state index in [4.69, 9.17) is 5.73 Å². The fraction of sp³-hybridized carbons (Fsp3) is 0.200. The molecule has 1 atom stereocenters. The molecule has 3 aromatic rings. The Bertz CT molecular complexity index is 1590. The predicted molar refractivity (Wildman–Crippen MR) is 161 cm³/mol. The van der Waals surface area contributed by atoms with Gasteiger partial charge in [-0.1, -0.05) is 6.07 Å². The molecule has 18 heteroatoms. The van der Waals surface area contributed by atoms with Crippen LogP contribution in [0.25, 0.3) is 0 Å². The van der Waals surface area contributed by atoms with E-state index in [1.54, 1.807) is 0 Å². The topological polar surface area (TPSA) is 58.7 Å². The summed E-state index contributed by atoms with van der Waals surface area (Å²) >= 11 is 1.53. The lowest BCUT2D eigenvalue weighted by molar-refractivity contribution is -0.279. The molecule has 0 aliphatic rings. The molecule has 0 heterocycles. The van der Waals surface area contributed by atoms with Crippen LogP contribution >= 0.6 is 67.8 Å². The van der Waals surface area contributed by atoms with Gasteiger partial charge in [0.25, 0.3) is 5.91 Å². The van der Waals surface area contributed by atoms with E-state index in [1.807, 2.05) is 0 Å². The summed E-state index contributed by atoms with van der Waals surface area (Å²) in [6, 6.07) is 5.32.